The number of halogens is 2. The van der Waals surface area contributed by atoms with Crippen LogP contribution in [0.2, 0.25) is 0 Å². The molecule has 22 heavy (non-hydrogen) atoms. The van der Waals surface area contributed by atoms with Crippen LogP contribution < -0.4 is 4.72 Å². The highest BCUT2D eigenvalue weighted by Gasteiger charge is 2.40. The van der Waals surface area contributed by atoms with E-state index in [2.05, 4.69) is 16.9 Å². The third-order valence-corrected chi connectivity index (χ3v) is 6.14. The molecule has 0 saturated heterocycles. The summed E-state index contributed by atoms with van der Waals surface area (Å²) in [7, 11) is -1.19. The normalized spacial score (nSPS) is 28.5. The van der Waals surface area contributed by atoms with Crippen molar-refractivity contribution >= 4 is 11.0 Å². The SMILES string of the molecule is CC(C)(C)[S@@](=O)N[C@H](C1C=CC=CC1)C1CCC(F)(F)CC1. The highest BCUT2D eigenvalue weighted by atomic mass is 32.2. The first-order chi connectivity index (χ1) is 10.2. The summed E-state index contributed by atoms with van der Waals surface area (Å²) in [6, 6.07) is -0.00245. The summed E-state index contributed by atoms with van der Waals surface area (Å²) in [5.74, 6) is -2.13. The Balaban J connectivity index is 2.10. The summed E-state index contributed by atoms with van der Waals surface area (Å²) >= 11 is 0. The van der Waals surface area contributed by atoms with Gasteiger partial charge in [-0.1, -0.05) is 24.3 Å². The van der Waals surface area contributed by atoms with Crippen molar-refractivity contribution in [2.45, 2.75) is 69.6 Å². The Kier molecular flexibility index (Phi) is 5.59. The van der Waals surface area contributed by atoms with Crippen LogP contribution in [0.3, 0.4) is 0 Å². The molecule has 0 aromatic rings. The van der Waals surface area contributed by atoms with Crippen molar-refractivity contribution in [3.05, 3.63) is 24.3 Å². The monoisotopic (exact) mass is 331 g/mol. The molecular formula is C17H27F2NOS. The summed E-state index contributed by atoms with van der Waals surface area (Å²) in [4.78, 5) is 0. The van der Waals surface area contributed by atoms with Crippen molar-refractivity contribution in [3.63, 3.8) is 0 Å². The van der Waals surface area contributed by atoms with Crippen LogP contribution in [0.4, 0.5) is 8.78 Å². The first-order valence-electron chi connectivity index (χ1n) is 8.08. The number of nitrogens with one attached hydrogen (secondary N) is 1. The lowest BCUT2D eigenvalue weighted by Crippen LogP contribution is -2.48. The average Bonchev–Trinajstić information content (AvgIpc) is 2.45. The molecule has 1 N–H and O–H groups in total. The van der Waals surface area contributed by atoms with Crippen LogP contribution >= 0.6 is 0 Å². The van der Waals surface area contributed by atoms with Gasteiger partial charge in [0.15, 0.2) is 0 Å². The van der Waals surface area contributed by atoms with Gasteiger partial charge in [-0.2, -0.15) is 0 Å². The smallest absolute Gasteiger partial charge is 0.242 e. The Hall–Kier alpha value is -0.550. The molecule has 0 bridgehead atoms. The molecule has 0 aromatic heterocycles. The minimum Gasteiger partial charge on any atom is -0.242 e. The molecule has 2 aliphatic rings. The second-order valence-corrected chi connectivity index (χ2v) is 9.43. The van der Waals surface area contributed by atoms with Crippen molar-refractivity contribution < 1.29 is 13.0 Å². The second-order valence-electron chi connectivity index (χ2n) is 7.43. The molecule has 5 heteroatoms. The lowest BCUT2D eigenvalue weighted by Gasteiger charge is -2.38. The molecule has 0 amide bonds. The molecule has 3 atom stereocenters. The van der Waals surface area contributed by atoms with Gasteiger partial charge in [-0.05, 0) is 51.9 Å². The molecule has 0 spiro atoms. The van der Waals surface area contributed by atoms with Gasteiger partial charge in [0.25, 0.3) is 0 Å². The van der Waals surface area contributed by atoms with Gasteiger partial charge in [0, 0.05) is 18.9 Å². The van der Waals surface area contributed by atoms with E-state index in [1.54, 1.807) is 0 Å². The molecule has 2 rings (SSSR count). The van der Waals surface area contributed by atoms with Crippen molar-refractivity contribution in [1.29, 1.82) is 0 Å². The van der Waals surface area contributed by atoms with E-state index < -0.39 is 16.9 Å². The number of hydrogen-bond acceptors (Lipinski definition) is 1. The lowest BCUT2D eigenvalue weighted by atomic mass is 9.76. The maximum absolute atomic E-state index is 13.4. The van der Waals surface area contributed by atoms with Crippen LogP contribution in [0.5, 0.6) is 0 Å². The van der Waals surface area contributed by atoms with E-state index in [1.165, 1.54) is 0 Å². The fourth-order valence-electron chi connectivity index (χ4n) is 3.12. The first kappa shape index (κ1) is 17.8. The van der Waals surface area contributed by atoms with Gasteiger partial charge in [0.2, 0.25) is 5.92 Å². The van der Waals surface area contributed by atoms with Crippen LogP contribution in [0.1, 0.15) is 52.9 Å². The molecular weight excluding hydrogens is 304 g/mol. The fraction of sp³-hybridized carbons (Fsp3) is 0.765. The van der Waals surface area contributed by atoms with E-state index in [0.717, 1.165) is 6.42 Å². The van der Waals surface area contributed by atoms with Gasteiger partial charge >= 0.3 is 0 Å². The van der Waals surface area contributed by atoms with Crippen molar-refractivity contribution in [3.8, 4) is 0 Å². The van der Waals surface area contributed by atoms with Gasteiger partial charge in [-0.15, -0.1) is 0 Å². The van der Waals surface area contributed by atoms with Gasteiger partial charge in [-0.25, -0.2) is 17.7 Å². The zero-order valence-corrected chi connectivity index (χ0v) is 14.5. The number of rotatable bonds is 4. The predicted octanol–water partition coefficient (Wildman–Crippen LogP) is 4.36. The van der Waals surface area contributed by atoms with E-state index >= 15 is 0 Å². The van der Waals surface area contributed by atoms with Gasteiger partial charge in [0.05, 0.1) is 15.7 Å². The molecule has 1 unspecified atom stereocenters. The van der Waals surface area contributed by atoms with E-state index in [-0.39, 0.29) is 35.5 Å². The predicted molar refractivity (Wildman–Crippen MR) is 88.1 cm³/mol. The third kappa shape index (κ3) is 4.72. The quantitative estimate of drug-likeness (QED) is 0.814. The summed E-state index contributed by atoms with van der Waals surface area (Å²) in [5, 5.41) is 0. The average molecular weight is 331 g/mol. The summed E-state index contributed by atoms with van der Waals surface area (Å²) in [6.45, 7) is 5.79. The summed E-state index contributed by atoms with van der Waals surface area (Å²) < 4.78 is 42.3. The van der Waals surface area contributed by atoms with Gasteiger partial charge in [0.1, 0.15) is 0 Å². The van der Waals surface area contributed by atoms with E-state index in [4.69, 9.17) is 0 Å². The maximum atomic E-state index is 13.4. The zero-order valence-electron chi connectivity index (χ0n) is 13.6. The van der Waals surface area contributed by atoms with Crippen LogP contribution in [-0.2, 0) is 11.0 Å². The third-order valence-electron chi connectivity index (χ3n) is 4.54. The molecule has 2 nitrogen and oxygen atoms in total. The minimum atomic E-state index is -2.52. The largest absolute Gasteiger partial charge is 0.248 e. The van der Waals surface area contributed by atoms with Gasteiger partial charge in [-0.3, -0.25) is 0 Å². The number of alkyl halides is 2. The Bertz CT molecular complexity index is 458. The molecule has 0 aromatic carbocycles. The van der Waals surface area contributed by atoms with E-state index in [0.29, 0.717) is 12.8 Å². The highest BCUT2D eigenvalue weighted by molar-refractivity contribution is 7.84. The molecule has 0 aliphatic heterocycles. The molecule has 0 radical (unpaired) electrons. The van der Waals surface area contributed by atoms with Crippen molar-refractivity contribution in [2.24, 2.45) is 11.8 Å². The van der Waals surface area contributed by atoms with Crippen LogP contribution in [-0.4, -0.2) is 20.9 Å². The zero-order chi connectivity index (χ0) is 16.4. The van der Waals surface area contributed by atoms with E-state index in [1.807, 2.05) is 32.9 Å². The molecule has 1 fully saturated rings. The Morgan fingerprint density at radius 3 is 2.36 bits per heavy atom. The minimum absolute atomic E-state index is 0.00245. The van der Waals surface area contributed by atoms with Gasteiger partial charge < -0.3 is 0 Å². The lowest BCUT2D eigenvalue weighted by molar-refractivity contribution is -0.0501. The molecule has 2 aliphatic carbocycles. The van der Waals surface area contributed by atoms with Crippen molar-refractivity contribution in [1.82, 2.24) is 4.72 Å². The van der Waals surface area contributed by atoms with E-state index in [9.17, 15) is 13.0 Å². The van der Waals surface area contributed by atoms with Crippen LogP contribution in [0.15, 0.2) is 24.3 Å². The van der Waals surface area contributed by atoms with Crippen molar-refractivity contribution in [2.75, 3.05) is 0 Å². The van der Waals surface area contributed by atoms with Crippen LogP contribution in [0.25, 0.3) is 0 Å². The standard InChI is InChI=1S/C17H27F2NOS/c1-16(2,3)22(21)20-15(13-7-5-4-6-8-13)14-9-11-17(18,19)12-10-14/h4-7,13-15,20H,8-12H2,1-3H3/t13?,15-,22-/m1/s1. The second kappa shape index (κ2) is 6.91. The molecule has 0 heterocycles. The topological polar surface area (TPSA) is 29.1 Å². The Labute approximate surface area is 135 Å². The molecule has 1 saturated carbocycles. The summed E-state index contributed by atoms with van der Waals surface area (Å²) in [5.41, 5.74) is 0. The summed E-state index contributed by atoms with van der Waals surface area (Å²) in [6.07, 6.45) is 9.99. The highest BCUT2D eigenvalue weighted by Crippen LogP contribution is 2.40. The van der Waals surface area contributed by atoms with Crippen LogP contribution in [0, 0.1) is 11.8 Å². The number of allylic oxidation sites excluding steroid dienone is 3. The number of hydrogen-bond donors (Lipinski definition) is 1. The Morgan fingerprint density at radius 1 is 1.23 bits per heavy atom. The molecule has 126 valence electrons. The Morgan fingerprint density at radius 2 is 1.86 bits per heavy atom. The maximum Gasteiger partial charge on any atom is 0.248 e. The fourth-order valence-corrected chi connectivity index (χ4v) is 4.09. The first-order valence-corrected chi connectivity index (χ1v) is 9.23.